The highest BCUT2D eigenvalue weighted by molar-refractivity contribution is 9.10. The first kappa shape index (κ1) is 14.2. The van der Waals surface area contributed by atoms with E-state index in [0.717, 1.165) is 10.0 Å². The van der Waals surface area contributed by atoms with E-state index in [4.69, 9.17) is 10.5 Å². The molecule has 1 aromatic rings. The number of nitrogens with zero attached hydrogens (tertiary/aromatic N) is 1. The molecule has 0 amide bonds. The van der Waals surface area contributed by atoms with Crippen molar-refractivity contribution in [2.75, 3.05) is 20.7 Å². The Bertz CT molecular complexity index is 385. The minimum atomic E-state index is -0.410. The van der Waals surface area contributed by atoms with Gasteiger partial charge in [0.25, 0.3) is 0 Å². The van der Waals surface area contributed by atoms with Crippen molar-refractivity contribution in [1.82, 2.24) is 4.90 Å². The SMILES string of the molecule is COC(=O)C(CN)N(C)Cc1ccccc1Br. The number of benzene rings is 1. The first-order valence-electron chi connectivity index (χ1n) is 5.31. The van der Waals surface area contributed by atoms with Gasteiger partial charge in [0, 0.05) is 17.6 Å². The molecule has 0 saturated carbocycles. The third kappa shape index (κ3) is 3.80. The van der Waals surface area contributed by atoms with E-state index in [0.29, 0.717) is 6.54 Å². The Balaban J connectivity index is 2.74. The molecule has 0 bridgehead atoms. The molecule has 0 saturated heterocycles. The van der Waals surface area contributed by atoms with Crippen molar-refractivity contribution in [3.8, 4) is 0 Å². The third-order valence-corrected chi connectivity index (χ3v) is 3.38. The number of nitrogens with two attached hydrogens (primary N) is 1. The van der Waals surface area contributed by atoms with E-state index in [1.54, 1.807) is 0 Å². The molecule has 4 nitrogen and oxygen atoms in total. The zero-order valence-corrected chi connectivity index (χ0v) is 11.6. The first-order valence-corrected chi connectivity index (χ1v) is 6.11. The molecule has 1 aromatic carbocycles. The summed E-state index contributed by atoms with van der Waals surface area (Å²) >= 11 is 3.48. The molecule has 0 aromatic heterocycles. The van der Waals surface area contributed by atoms with Gasteiger partial charge in [0.2, 0.25) is 0 Å². The lowest BCUT2D eigenvalue weighted by Crippen LogP contribution is -2.44. The van der Waals surface area contributed by atoms with Gasteiger partial charge in [-0.1, -0.05) is 34.1 Å². The van der Waals surface area contributed by atoms with E-state index in [1.807, 2.05) is 36.2 Å². The third-order valence-electron chi connectivity index (χ3n) is 2.61. The maximum atomic E-state index is 11.5. The summed E-state index contributed by atoms with van der Waals surface area (Å²) in [6, 6.07) is 7.48. The van der Waals surface area contributed by atoms with Crippen LogP contribution in [0.1, 0.15) is 5.56 Å². The molecular weight excluding hydrogens is 284 g/mol. The zero-order valence-electron chi connectivity index (χ0n) is 10.0. The largest absolute Gasteiger partial charge is 0.468 e. The van der Waals surface area contributed by atoms with Crippen LogP contribution in [-0.4, -0.2) is 37.6 Å². The molecule has 0 radical (unpaired) electrons. The second-order valence-corrected chi connectivity index (χ2v) is 4.64. The van der Waals surface area contributed by atoms with Crippen LogP contribution in [0.5, 0.6) is 0 Å². The van der Waals surface area contributed by atoms with Crippen LogP contribution >= 0.6 is 15.9 Å². The molecule has 5 heteroatoms. The molecule has 0 heterocycles. The summed E-state index contributed by atoms with van der Waals surface area (Å²) in [6.45, 7) is 0.881. The summed E-state index contributed by atoms with van der Waals surface area (Å²) in [7, 11) is 3.23. The van der Waals surface area contributed by atoms with Crippen LogP contribution in [-0.2, 0) is 16.1 Å². The summed E-state index contributed by atoms with van der Waals surface area (Å²) in [5.41, 5.74) is 6.70. The number of ether oxygens (including phenoxy) is 1. The molecule has 17 heavy (non-hydrogen) atoms. The van der Waals surface area contributed by atoms with E-state index in [2.05, 4.69) is 15.9 Å². The quantitative estimate of drug-likeness (QED) is 0.835. The molecule has 0 aliphatic carbocycles. The van der Waals surface area contributed by atoms with E-state index >= 15 is 0 Å². The fourth-order valence-electron chi connectivity index (χ4n) is 1.60. The van der Waals surface area contributed by atoms with Gasteiger partial charge in [-0.3, -0.25) is 9.69 Å². The second kappa shape index (κ2) is 6.74. The lowest BCUT2D eigenvalue weighted by atomic mass is 10.2. The van der Waals surface area contributed by atoms with Crippen molar-refractivity contribution in [2.24, 2.45) is 5.73 Å². The molecule has 1 unspecified atom stereocenters. The zero-order chi connectivity index (χ0) is 12.8. The highest BCUT2D eigenvalue weighted by Crippen LogP contribution is 2.18. The van der Waals surface area contributed by atoms with Crippen LogP contribution in [0.15, 0.2) is 28.7 Å². The van der Waals surface area contributed by atoms with Gasteiger partial charge in [-0.15, -0.1) is 0 Å². The Morgan fingerprint density at radius 3 is 2.71 bits per heavy atom. The molecule has 94 valence electrons. The van der Waals surface area contributed by atoms with Crippen molar-refractivity contribution in [2.45, 2.75) is 12.6 Å². The molecule has 0 spiro atoms. The highest BCUT2D eigenvalue weighted by Gasteiger charge is 2.22. The molecule has 1 rings (SSSR count). The van der Waals surface area contributed by atoms with Crippen molar-refractivity contribution in [3.05, 3.63) is 34.3 Å². The number of halogens is 1. The van der Waals surface area contributed by atoms with Crippen LogP contribution in [0.3, 0.4) is 0 Å². The minimum absolute atomic E-state index is 0.244. The number of hydrogen-bond donors (Lipinski definition) is 1. The maximum absolute atomic E-state index is 11.5. The Kier molecular flexibility index (Phi) is 5.61. The highest BCUT2D eigenvalue weighted by atomic mass is 79.9. The molecular formula is C12H17BrN2O2. The lowest BCUT2D eigenvalue weighted by Gasteiger charge is -2.25. The van der Waals surface area contributed by atoms with Crippen molar-refractivity contribution in [3.63, 3.8) is 0 Å². The fraction of sp³-hybridized carbons (Fsp3) is 0.417. The molecule has 0 aliphatic heterocycles. The monoisotopic (exact) mass is 300 g/mol. The van der Waals surface area contributed by atoms with Gasteiger partial charge < -0.3 is 10.5 Å². The fourth-order valence-corrected chi connectivity index (χ4v) is 2.01. The van der Waals surface area contributed by atoms with Crippen LogP contribution < -0.4 is 5.73 Å². The molecule has 0 aliphatic rings. The van der Waals surface area contributed by atoms with E-state index < -0.39 is 6.04 Å². The van der Waals surface area contributed by atoms with Crippen LogP contribution in [0.2, 0.25) is 0 Å². The Morgan fingerprint density at radius 1 is 1.53 bits per heavy atom. The summed E-state index contributed by atoms with van der Waals surface area (Å²) in [4.78, 5) is 13.4. The van der Waals surface area contributed by atoms with Gasteiger partial charge in [-0.25, -0.2) is 0 Å². The number of hydrogen-bond acceptors (Lipinski definition) is 4. The van der Waals surface area contributed by atoms with Gasteiger partial charge in [0.1, 0.15) is 6.04 Å². The van der Waals surface area contributed by atoms with Gasteiger partial charge >= 0.3 is 5.97 Å². The number of methoxy groups -OCH3 is 1. The summed E-state index contributed by atoms with van der Waals surface area (Å²) in [5.74, 6) is -0.304. The molecule has 0 fully saturated rings. The van der Waals surface area contributed by atoms with E-state index in [9.17, 15) is 4.79 Å². The Morgan fingerprint density at radius 2 is 2.18 bits per heavy atom. The van der Waals surface area contributed by atoms with Gasteiger partial charge in [-0.05, 0) is 18.7 Å². The number of carbonyl (C=O) groups excluding carboxylic acids is 1. The normalized spacial score (nSPS) is 12.5. The predicted octanol–water partition coefficient (Wildman–Crippen LogP) is 1.38. The Labute approximate surface area is 110 Å². The Hall–Kier alpha value is -0.910. The number of rotatable bonds is 5. The summed E-state index contributed by atoms with van der Waals surface area (Å²) in [6.07, 6.45) is 0. The minimum Gasteiger partial charge on any atom is -0.468 e. The van der Waals surface area contributed by atoms with Crippen molar-refractivity contribution >= 4 is 21.9 Å². The van der Waals surface area contributed by atoms with Gasteiger partial charge in [0.05, 0.1) is 7.11 Å². The maximum Gasteiger partial charge on any atom is 0.324 e. The number of likely N-dealkylation sites (N-methyl/N-ethyl adjacent to an activating group) is 1. The van der Waals surface area contributed by atoms with Crippen LogP contribution in [0.25, 0.3) is 0 Å². The van der Waals surface area contributed by atoms with Crippen molar-refractivity contribution in [1.29, 1.82) is 0 Å². The smallest absolute Gasteiger partial charge is 0.324 e. The average Bonchev–Trinajstić information content (AvgIpc) is 2.32. The van der Waals surface area contributed by atoms with Gasteiger partial charge in [0.15, 0.2) is 0 Å². The van der Waals surface area contributed by atoms with Crippen molar-refractivity contribution < 1.29 is 9.53 Å². The van der Waals surface area contributed by atoms with Crippen LogP contribution in [0, 0.1) is 0 Å². The lowest BCUT2D eigenvalue weighted by molar-refractivity contribution is -0.146. The van der Waals surface area contributed by atoms with Gasteiger partial charge in [-0.2, -0.15) is 0 Å². The molecule has 2 N–H and O–H groups in total. The summed E-state index contributed by atoms with van der Waals surface area (Å²) in [5, 5.41) is 0. The standard InChI is InChI=1S/C12H17BrN2O2/c1-15(11(7-14)12(16)17-2)8-9-5-3-4-6-10(9)13/h3-6,11H,7-8,14H2,1-2H3. The van der Waals surface area contributed by atoms with E-state index in [1.165, 1.54) is 7.11 Å². The number of esters is 1. The second-order valence-electron chi connectivity index (χ2n) is 3.78. The molecule has 1 atom stereocenters. The first-order chi connectivity index (χ1) is 8.10. The average molecular weight is 301 g/mol. The summed E-state index contributed by atoms with van der Waals surface area (Å²) < 4.78 is 5.74. The van der Waals surface area contributed by atoms with Crippen LogP contribution in [0.4, 0.5) is 0 Å². The van der Waals surface area contributed by atoms with E-state index in [-0.39, 0.29) is 12.5 Å². The topological polar surface area (TPSA) is 55.6 Å². The number of carbonyl (C=O) groups is 1. The predicted molar refractivity (Wildman–Crippen MR) is 70.5 cm³/mol.